The van der Waals surface area contributed by atoms with Gasteiger partial charge in [0.05, 0.1) is 0 Å². The number of rotatable bonds is 15. The Morgan fingerprint density at radius 2 is 1.14 bits per heavy atom. The second-order valence-corrected chi connectivity index (χ2v) is 13.0. The number of unbranched alkanes of at least 4 members (excludes halogenated alkanes) is 8. The summed E-state index contributed by atoms with van der Waals surface area (Å²) in [4.78, 5) is 0. The van der Waals surface area contributed by atoms with Crippen LogP contribution in [0.3, 0.4) is 0 Å². The van der Waals surface area contributed by atoms with Gasteiger partial charge < -0.3 is 0 Å². The predicted molar refractivity (Wildman–Crippen MR) is 182 cm³/mol. The summed E-state index contributed by atoms with van der Waals surface area (Å²) in [6.45, 7) is 4.66. The molecule has 6 rings (SSSR count). The van der Waals surface area contributed by atoms with Gasteiger partial charge in [-0.15, -0.1) is 0 Å². The lowest BCUT2D eigenvalue weighted by Crippen LogP contribution is -2.30. The molecule has 0 radical (unpaired) electrons. The number of fused-ring (bicyclic) bond motifs is 5. The van der Waals surface area contributed by atoms with Crippen molar-refractivity contribution in [2.75, 3.05) is 0 Å². The summed E-state index contributed by atoms with van der Waals surface area (Å²) in [7, 11) is 0. The first-order valence-electron chi connectivity index (χ1n) is 17.2. The third-order valence-corrected chi connectivity index (χ3v) is 10.4. The van der Waals surface area contributed by atoms with Crippen LogP contribution >= 0.6 is 0 Å². The third kappa shape index (κ3) is 5.75. The van der Waals surface area contributed by atoms with Crippen LogP contribution in [-0.2, 0) is 0 Å². The zero-order chi connectivity index (χ0) is 28.7. The van der Waals surface area contributed by atoms with Crippen LogP contribution in [0.1, 0.15) is 108 Å². The summed E-state index contributed by atoms with van der Waals surface area (Å²) in [5, 5.41) is 3.01. The van der Waals surface area contributed by atoms with Crippen LogP contribution in [0.2, 0.25) is 0 Å². The monoisotopic (exact) mass is 554 g/mol. The maximum absolute atomic E-state index is 2.50. The lowest BCUT2D eigenvalue weighted by molar-refractivity contribution is 0.304. The Balaban J connectivity index is 1.47. The Bertz CT molecular complexity index is 1490. The fraction of sp³-hybridized carbons (Fsp3) is 0.429. The summed E-state index contributed by atoms with van der Waals surface area (Å²) in [5.41, 5.74) is 9.33. The number of allylic oxidation sites excluding steroid dienone is 4. The van der Waals surface area contributed by atoms with E-state index in [1.165, 1.54) is 104 Å². The van der Waals surface area contributed by atoms with Crippen LogP contribution < -0.4 is 10.4 Å². The summed E-state index contributed by atoms with van der Waals surface area (Å²) in [6, 6.07) is 28.1. The summed E-state index contributed by atoms with van der Waals surface area (Å²) in [6.07, 6.45) is 25.5. The fourth-order valence-corrected chi connectivity index (χ4v) is 8.46. The molecule has 0 heterocycles. The number of benzene rings is 3. The molecule has 0 aliphatic heterocycles. The predicted octanol–water partition coefficient (Wildman–Crippen LogP) is 10.5. The molecule has 0 bridgehead atoms. The highest BCUT2D eigenvalue weighted by atomic mass is 14.4. The molecule has 3 aromatic carbocycles. The topological polar surface area (TPSA) is 0 Å². The lowest BCUT2D eigenvalue weighted by atomic mass is 9.67. The van der Waals surface area contributed by atoms with E-state index in [2.05, 4.69) is 111 Å². The number of hydrogen-bond acceptors (Lipinski definition) is 0. The van der Waals surface area contributed by atoms with E-state index < -0.39 is 0 Å². The van der Waals surface area contributed by atoms with Gasteiger partial charge in [-0.2, -0.15) is 0 Å². The highest BCUT2D eigenvalue weighted by Gasteiger charge is 2.41. The van der Waals surface area contributed by atoms with Gasteiger partial charge in [0.2, 0.25) is 0 Å². The minimum absolute atomic E-state index is 0.419. The molecule has 0 fully saturated rings. The van der Waals surface area contributed by atoms with E-state index >= 15 is 0 Å². The van der Waals surface area contributed by atoms with Crippen molar-refractivity contribution in [2.24, 2.45) is 17.8 Å². The van der Waals surface area contributed by atoms with Gasteiger partial charge in [0.15, 0.2) is 0 Å². The zero-order valence-corrected chi connectivity index (χ0v) is 26.0. The van der Waals surface area contributed by atoms with Crippen LogP contribution in [0.15, 0.2) is 97.1 Å². The standard InChI is InChI=1S/C42H50/c1-3-5-7-9-11-25-39(41-35-27-17-13-21-31(35)32-22-14-18-28-36(32)41)40(26-12-10-8-6-4-2)42-37-29-19-15-23-33(37)34-24-16-20-30-38(34)42/h13-24,27-30,35,39-40,42H,3-12,25-26H2,1-2H3. The Kier molecular flexibility index (Phi) is 9.59. The van der Waals surface area contributed by atoms with Gasteiger partial charge in [0.25, 0.3) is 0 Å². The average molecular weight is 555 g/mol. The SMILES string of the molecule is CCCCCCCC(C1=c2ccccc2=C2C=CC=CC21)C(CCCCCCC)C1c2ccccc2-c2ccccc21. The van der Waals surface area contributed by atoms with Crippen LogP contribution in [-0.4, -0.2) is 0 Å². The van der Waals surface area contributed by atoms with E-state index in [0.717, 1.165) is 0 Å². The van der Waals surface area contributed by atoms with E-state index in [1.54, 1.807) is 16.7 Å². The van der Waals surface area contributed by atoms with Crippen molar-refractivity contribution < 1.29 is 0 Å². The second-order valence-electron chi connectivity index (χ2n) is 13.0. The van der Waals surface area contributed by atoms with Crippen LogP contribution in [0.25, 0.3) is 22.3 Å². The molecule has 3 atom stereocenters. The minimum Gasteiger partial charge on any atom is -0.0729 e. The van der Waals surface area contributed by atoms with E-state index in [4.69, 9.17) is 0 Å². The normalized spacial score (nSPS) is 18.1. The van der Waals surface area contributed by atoms with Crippen molar-refractivity contribution in [2.45, 2.75) is 96.8 Å². The van der Waals surface area contributed by atoms with E-state index in [-0.39, 0.29) is 0 Å². The van der Waals surface area contributed by atoms with Crippen molar-refractivity contribution >= 4 is 11.1 Å². The molecule has 0 N–H and O–H groups in total. The highest BCUT2D eigenvalue weighted by molar-refractivity contribution is 5.82. The first-order valence-corrected chi connectivity index (χ1v) is 17.2. The fourth-order valence-electron chi connectivity index (χ4n) is 8.46. The van der Waals surface area contributed by atoms with Crippen molar-refractivity contribution in [3.63, 3.8) is 0 Å². The molecule has 0 aromatic heterocycles. The molecule has 0 spiro atoms. The first kappa shape index (κ1) is 29.0. The molecule has 218 valence electrons. The van der Waals surface area contributed by atoms with Gasteiger partial charge >= 0.3 is 0 Å². The largest absolute Gasteiger partial charge is 0.0729 e. The molecule has 0 saturated carbocycles. The molecule has 3 aliphatic rings. The van der Waals surface area contributed by atoms with E-state index in [9.17, 15) is 0 Å². The first-order chi connectivity index (χ1) is 20.8. The molecule has 42 heavy (non-hydrogen) atoms. The van der Waals surface area contributed by atoms with Gasteiger partial charge in [0, 0.05) is 11.8 Å². The molecular weight excluding hydrogens is 504 g/mol. The molecule has 3 unspecified atom stereocenters. The average Bonchev–Trinajstić information content (AvgIpc) is 3.55. The maximum Gasteiger partial charge on any atom is 0.0249 e. The lowest BCUT2D eigenvalue weighted by Gasteiger charge is -2.37. The third-order valence-electron chi connectivity index (χ3n) is 10.4. The Morgan fingerprint density at radius 3 is 1.81 bits per heavy atom. The van der Waals surface area contributed by atoms with Crippen LogP contribution in [0.5, 0.6) is 0 Å². The summed E-state index contributed by atoms with van der Waals surface area (Å²) < 4.78 is 0. The quantitative estimate of drug-likeness (QED) is 0.164. The highest BCUT2D eigenvalue weighted by Crippen LogP contribution is 2.54. The molecule has 0 nitrogen and oxygen atoms in total. The Hall–Kier alpha value is -3.12. The van der Waals surface area contributed by atoms with Crippen molar-refractivity contribution in [3.05, 3.63) is 119 Å². The van der Waals surface area contributed by atoms with Crippen molar-refractivity contribution in [1.29, 1.82) is 0 Å². The van der Waals surface area contributed by atoms with Gasteiger partial charge in [-0.3, -0.25) is 0 Å². The van der Waals surface area contributed by atoms with E-state index in [1.807, 2.05) is 0 Å². The molecule has 3 aromatic rings. The van der Waals surface area contributed by atoms with Gasteiger partial charge in [0.1, 0.15) is 0 Å². The smallest absolute Gasteiger partial charge is 0.0249 e. The second kappa shape index (κ2) is 13.9. The maximum atomic E-state index is 2.50. The van der Waals surface area contributed by atoms with Crippen LogP contribution in [0, 0.1) is 17.8 Å². The van der Waals surface area contributed by atoms with Gasteiger partial charge in [-0.25, -0.2) is 0 Å². The van der Waals surface area contributed by atoms with Crippen molar-refractivity contribution in [1.82, 2.24) is 0 Å². The minimum atomic E-state index is 0.419. The Labute approximate surface area is 255 Å². The number of hydrogen-bond donors (Lipinski definition) is 0. The van der Waals surface area contributed by atoms with E-state index in [0.29, 0.717) is 23.7 Å². The molecule has 0 heteroatoms. The summed E-state index contributed by atoms with van der Waals surface area (Å²) >= 11 is 0. The van der Waals surface area contributed by atoms with Gasteiger partial charge in [-0.05, 0) is 68.5 Å². The van der Waals surface area contributed by atoms with Crippen molar-refractivity contribution in [3.8, 4) is 11.1 Å². The van der Waals surface area contributed by atoms with Crippen LogP contribution in [0.4, 0.5) is 0 Å². The molecule has 0 amide bonds. The molecular formula is C42H50. The summed E-state index contributed by atoms with van der Waals surface area (Å²) in [5.74, 6) is 2.06. The molecule has 3 aliphatic carbocycles. The zero-order valence-electron chi connectivity index (χ0n) is 26.0. The molecule has 0 saturated heterocycles. The Morgan fingerprint density at radius 1 is 0.571 bits per heavy atom. The van der Waals surface area contributed by atoms with Gasteiger partial charge in [-0.1, -0.05) is 175 Å².